The number of methoxy groups -OCH3 is 1. The van der Waals surface area contributed by atoms with Gasteiger partial charge in [-0.3, -0.25) is 9.36 Å². The minimum atomic E-state index is -0.177. The van der Waals surface area contributed by atoms with Gasteiger partial charge in [0, 0.05) is 12.1 Å². The van der Waals surface area contributed by atoms with Crippen molar-refractivity contribution in [2.75, 3.05) is 24.8 Å². The maximum absolute atomic E-state index is 12.5. The molecule has 1 amide bonds. The smallest absolute Gasteiger partial charge is 0.296 e. The van der Waals surface area contributed by atoms with E-state index in [1.54, 1.807) is 13.2 Å². The van der Waals surface area contributed by atoms with E-state index in [1.807, 2.05) is 60.9 Å². The highest BCUT2D eigenvalue weighted by Gasteiger charge is 2.20. The molecule has 0 unspecified atom stereocenters. The van der Waals surface area contributed by atoms with E-state index in [9.17, 15) is 4.79 Å². The first-order valence-corrected chi connectivity index (χ1v) is 11.7. The van der Waals surface area contributed by atoms with Gasteiger partial charge in [0.05, 0.1) is 25.2 Å². The lowest BCUT2D eigenvalue weighted by atomic mass is 10.2. The van der Waals surface area contributed by atoms with Crippen LogP contribution in [0.15, 0.2) is 58.2 Å². The number of carbonyl (C=O) groups is 1. The molecule has 0 aliphatic rings. The van der Waals surface area contributed by atoms with Gasteiger partial charge in [-0.2, -0.15) is 4.98 Å². The molecule has 2 aromatic carbocycles. The Bertz CT molecular complexity index is 1250. The number of thioether (sulfide) groups is 1. The number of carbonyl (C=O) groups excluding carboxylic acids is 1. The van der Waals surface area contributed by atoms with Crippen LogP contribution >= 0.6 is 11.8 Å². The summed E-state index contributed by atoms with van der Waals surface area (Å²) in [6.45, 7) is 4.93. The van der Waals surface area contributed by atoms with Crippen molar-refractivity contribution in [1.82, 2.24) is 24.9 Å². The lowest BCUT2D eigenvalue weighted by Crippen LogP contribution is -2.15. The Morgan fingerprint density at radius 1 is 1.12 bits per heavy atom. The monoisotopic (exact) mass is 480 g/mol. The summed E-state index contributed by atoms with van der Waals surface area (Å²) in [7, 11) is 1.61. The molecule has 0 fully saturated rings. The molecule has 34 heavy (non-hydrogen) atoms. The first-order chi connectivity index (χ1) is 16.6. The van der Waals surface area contributed by atoms with Crippen molar-refractivity contribution in [3.63, 3.8) is 0 Å². The van der Waals surface area contributed by atoms with Crippen LogP contribution in [0.2, 0.25) is 0 Å². The van der Waals surface area contributed by atoms with Crippen LogP contribution in [0.3, 0.4) is 0 Å². The number of hydrogen-bond donors (Lipinski definition) is 1. The number of para-hydroxylation sites is 2. The van der Waals surface area contributed by atoms with Crippen molar-refractivity contribution < 1.29 is 18.8 Å². The van der Waals surface area contributed by atoms with E-state index in [-0.39, 0.29) is 17.6 Å². The summed E-state index contributed by atoms with van der Waals surface area (Å²) >= 11 is 1.27. The molecule has 0 radical (unpaired) electrons. The largest absolute Gasteiger partial charge is 0.497 e. The number of rotatable bonds is 10. The van der Waals surface area contributed by atoms with E-state index in [0.29, 0.717) is 41.4 Å². The summed E-state index contributed by atoms with van der Waals surface area (Å²) in [5.74, 6) is 2.48. The molecule has 0 atom stereocenters. The van der Waals surface area contributed by atoms with Crippen molar-refractivity contribution in [3.05, 3.63) is 48.5 Å². The van der Waals surface area contributed by atoms with Crippen molar-refractivity contribution in [2.24, 2.45) is 0 Å². The Morgan fingerprint density at radius 2 is 1.91 bits per heavy atom. The topological polar surface area (TPSA) is 117 Å². The van der Waals surface area contributed by atoms with Gasteiger partial charge >= 0.3 is 0 Å². The number of benzene rings is 2. The van der Waals surface area contributed by atoms with Gasteiger partial charge < -0.3 is 19.3 Å². The van der Waals surface area contributed by atoms with Gasteiger partial charge in [0.2, 0.25) is 17.6 Å². The fourth-order valence-corrected chi connectivity index (χ4v) is 3.98. The van der Waals surface area contributed by atoms with E-state index in [2.05, 4.69) is 25.7 Å². The van der Waals surface area contributed by atoms with Crippen molar-refractivity contribution in [3.8, 4) is 34.6 Å². The first kappa shape index (κ1) is 23.3. The van der Waals surface area contributed by atoms with Crippen molar-refractivity contribution in [2.45, 2.75) is 25.5 Å². The molecule has 0 aliphatic heterocycles. The molecule has 4 rings (SSSR count). The van der Waals surface area contributed by atoms with Crippen LogP contribution in [-0.2, 0) is 11.3 Å². The third-order valence-corrected chi connectivity index (χ3v) is 5.76. The van der Waals surface area contributed by atoms with Crippen LogP contribution in [-0.4, -0.2) is 50.3 Å². The van der Waals surface area contributed by atoms with Crippen LogP contribution in [0, 0.1) is 0 Å². The molecule has 4 aromatic rings. The number of nitrogens with one attached hydrogen (secondary N) is 1. The lowest BCUT2D eigenvalue weighted by Gasteiger charge is -2.11. The zero-order valence-electron chi connectivity index (χ0n) is 19.0. The molecule has 11 heteroatoms. The van der Waals surface area contributed by atoms with Gasteiger partial charge in [-0.25, -0.2) is 0 Å². The fraction of sp³-hybridized carbons (Fsp3) is 0.261. The van der Waals surface area contributed by atoms with Crippen LogP contribution in [0.25, 0.3) is 23.1 Å². The van der Waals surface area contributed by atoms with Gasteiger partial charge in [0.1, 0.15) is 11.5 Å². The fourth-order valence-electron chi connectivity index (χ4n) is 3.18. The van der Waals surface area contributed by atoms with Crippen LogP contribution in [0.5, 0.6) is 11.5 Å². The van der Waals surface area contributed by atoms with Crippen LogP contribution < -0.4 is 14.8 Å². The highest BCUT2D eigenvalue weighted by atomic mass is 32.2. The summed E-state index contributed by atoms with van der Waals surface area (Å²) in [4.78, 5) is 17.0. The molecule has 0 saturated heterocycles. The minimum absolute atomic E-state index is 0.152. The Morgan fingerprint density at radius 3 is 2.65 bits per heavy atom. The molecular formula is C23H24N6O4S. The van der Waals surface area contributed by atoms with Crippen LogP contribution in [0.1, 0.15) is 13.8 Å². The predicted molar refractivity (Wildman–Crippen MR) is 128 cm³/mol. The molecule has 2 heterocycles. The Hall–Kier alpha value is -3.86. The van der Waals surface area contributed by atoms with Gasteiger partial charge in [-0.05, 0) is 50.2 Å². The quantitative estimate of drug-likeness (QED) is 0.334. The SMILES string of the molecule is CCOc1ccccc1NC(=O)CSc1nnc(-c2nc(-c3ccc(OC)cc3)no2)n1CC. The van der Waals surface area contributed by atoms with Crippen molar-refractivity contribution in [1.29, 1.82) is 0 Å². The number of aromatic nitrogens is 5. The second-order valence-electron chi connectivity index (χ2n) is 6.97. The standard InChI is InChI=1S/C23H24N6O4S/c1-4-29-21(22-25-20(28-33-22)15-10-12-16(31-3)13-11-15)26-27-23(29)34-14-19(30)24-17-8-6-7-9-18(17)32-5-2/h6-13H,4-5,14H2,1-3H3,(H,24,30). The molecule has 0 saturated carbocycles. The molecule has 2 aromatic heterocycles. The Balaban J connectivity index is 1.45. The van der Waals surface area contributed by atoms with Crippen LogP contribution in [0.4, 0.5) is 5.69 Å². The number of nitrogens with zero attached hydrogens (tertiary/aromatic N) is 5. The number of hydrogen-bond acceptors (Lipinski definition) is 9. The average Bonchev–Trinajstić information content (AvgIpc) is 3.51. The highest BCUT2D eigenvalue weighted by Crippen LogP contribution is 2.27. The second kappa shape index (κ2) is 10.8. The van der Waals surface area contributed by atoms with Gasteiger partial charge in [0.25, 0.3) is 5.89 Å². The maximum atomic E-state index is 12.5. The third-order valence-electron chi connectivity index (χ3n) is 4.79. The molecule has 0 aliphatic carbocycles. The number of ether oxygens (including phenoxy) is 2. The Labute approximate surface area is 200 Å². The highest BCUT2D eigenvalue weighted by molar-refractivity contribution is 7.99. The van der Waals surface area contributed by atoms with Gasteiger partial charge in [-0.1, -0.05) is 29.1 Å². The number of amides is 1. The molecular weight excluding hydrogens is 456 g/mol. The molecule has 0 spiro atoms. The third kappa shape index (κ3) is 5.20. The van der Waals surface area contributed by atoms with Crippen molar-refractivity contribution >= 4 is 23.4 Å². The van der Waals surface area contributed by atoms with Gasteiger partial charge in [-0.15, -0.1) is 10.2 Å². The Kier molecular flexibility index (Phi) is 7.43. The zero-order chi connectivity index (χ0) is 23.9. The average molecular weight is 481 g/mol. The van der Waals surface area contributed by atoms with E-state index in [0.717, 1.165) is 11.3 Å². The second-order valence-corrected chi connectivity index (χ2v) is 7.91. The normalized spacial score (nSPS) is 10.8. The van der Waals surface area contributed by atoms with E-state index < -0.39 is 0 Å². The molecule has 10 nitrogen and oxygen atoms in total. The predicted octanol–water partition coefficient (Wildman–Crippen LogP) is 4.15. The summed E-state index contributed by atoms with van der Waals surface area (Å²) in [6, 6.07) is 14.7. The lowest BCUT2D eigenvalue weighted by molar-refractivity contribution is -0.113. The van der Waals surface area contributed by atoms with E-state index in [1.165, 1.54) is 11.8 Å². The zero-order valence-corrected chi connectivity index (χ0v) is 19.8. The summed E-state index contributed by atoms with van der Waals surface area (Å²) in [6.07, 6.45) is 0. The van der Waals surface area contributed by atoms with E-state index >= 15 is 0 Å². The van der Waals surface area contributed by atoms with Gasteiger partial charge in [0.15, 0.2) is 5.16 Å². The molecule has 0 bridgehead atoms. The summed E-state index contributed by atoms with van der Waals surface area (Å²) < 4.78 is 18.0. The summed E-state index contributed by atoms with van der Waals surface area (Å²) in [5.41, 5.74) is 1.42. The number of anilines is 1. The molecule has 176 valence electrons. The first-order valence-electron chi connectivity index (χ1n) is 10.7. The summed E-state index contributed by atoms with van der Waals surface area (Å²) in [5, 5.41) is 16.0. The van der Waals surface area contributed by atoms with E-state index in [4.69, 9.17) is 14.0 Å². The maximum Gasteiger partial charge on any atom is 0.296 e. The molecule has 1 N–H and O–H groups in total. The minimum Gasteiger partial charge on any atom is -0.497 e.